The van der Waals surface area contributed by atoms with Crippen LogP contribution >= 0.6 is 15.9 Å². The largest absolute Gasteiger partial charge is 0.344 e. The molecule has 1 amide bonds. The summed E-state index contributed by atoms with van der Waals surface area (Å²) in [5, 5.41) is 7.18. The fourth-order valence-electron chi connectivity index (χ4n) is 2.87. The van der Waals surface area contributed by atoms with Crippen molar-refractivity contribution in [2.45, 2.75) is 39.7 Å². The van der Waals surface area contributed by atoms with Crippen molar-refractivity contribution in [3.8, 4) is 11.4 Å². The van der Waals surface area contributed by atoms with Crippen molar-refractivity contribution in [1.29, 1.82) is 0 Å². The molecule has 5 nitrogen and oxygen atoms in total. The lowest BCUT2D eigenvalue weighted by atomic mass is 9.91. The maximum Gasteiger partial charge on any atom is 0.249 e. The first kappa shape index (κ1) is 20.3. The third-order valence-corrected chi connectivity index (χ3v) is 4.68. The minimum Gasteiger partial charge on any atom is -0.344 e. The van der Waals surface area contributed by atoms with Crippen LogP contribution in [0, 0.1) is 5.41 Å². The van der Waals surface area contributed by atoms with Gasteiger partial charge >= 0.3 is 0 Å². The summed E-state index contributed by atoms with van der Waals surface area (Å²) in [6, 6.07) is 17.3. The average Bonchev–Trinajstić information content (AvgIpc) is 3.11. The van der Waals surface area contributed by atoms with Gasteiger partial charge in [0, 0.05) is 22.9 Å². The van der Waals surface area contributed by atoms with Crippen LogP contribution in [0.2, 0.25) is 0 Å². The van der Waals surface area contributed by atoms with E-state index >= 15 is 0 Å². The summed E-state index contributed by atoms with van der Waals surface area (Å²) in [6.07, 6.45) is 1.00. The minimum atomic E-state index is -0.381. The fraction of sp³-hybridized carbons (Fsp3) is 0.318. The van der Waals surface area contributed by atoms with E-state index in [1.54, 1.807) is 0 Å². The van der Waals surface area contributed by atoms with Gasteiger partial charge in [-0.3, -0.25) is 4.79 Å². The highest BCUT2D eigenvalue weighted by Crippen LogP contribution is 2.24. The summed E-state index contributed by atoms with van der Waals surface area (Å²) < 4.78 is 6.51. The maximum absolute atomic E-state index is 12.5. The molecular weight excluding hydrogens is 418 g/mol. The minimum absolute atomic E-state index is 0.0307. The average molecular weight is 442 g/mol. The number of hydrogen-bond acceptors (Lipinski definition) is 4. The lowest BCUT2D eigenvalue weighted by Crippen LogP contribution is -2.32. The molecule has 0 saturated carbocycles. The molecule has 2 aromatic carbocycles. The zero-order valence-corrected chi connectivity index (χ0v) is 17.9. The lowest BCUT2D eigenvalue weighted by Gasteiger charge is -2.20. The molecule has 0 fully saturated rings. The molecule has 0 aliphatic heterocycles. The standard InChI is InChI=1S/C22H24BrN3O2/c1-22(2,3)14-19(27)24-18(13-15-7-5-4-6-8-15)21-25-20(26-28-21)16-9-11-17(23)12-10-16/h4-12,18H,13-14H2,1-3H3,(H,24,27)/t18-/m0/s1. The van der Waals surface area contributed by atoms with Gasteiger partial charge in [0.2, 0.25) is 17.6 Å². The Bertz CT molecular complexity index is 915. The van der Waals surface area contributed by atoms with Gasteiger partial charge in [-0.1, -0.05) is 72.2 Å². The molecule has 0 unspecified atom stereocenters. The number of aromatic nitrogens is 2. The highest BCUT2D eigenvalue weighted by Gasteiger charge is 2.24. The van der Waals surface area contributed by atoms with Crippen molar-refractivity contribution in [2.24, 2.45) is 5.41 Å². The Labute approximate surface area is 173 Å². The van der Waals surface area contributed by atoms with E-state index in [1.165, 1.54) is 0 Å². The van der Waals surface area contributed by atoms with Gasteiger partial charge in [0.05, 0.1) is 0 Å². The van der Waals surface area contributed by atoms with Crippen LogP contribution in [0.25, 0.3) is 11.4 Å². The highest BCUT2D eigenvalue weighted by atomic mass is 79.9. The zero-order valence-electron chi connectivity index (χ0n) is 16.3. The smallest absolute Gasteiger partial charge is 0.249 e. The molecule has 1 aromatic heterocycles. The van der Waals surface area contributed by atoms with Crippen LogP contribution < -0.4 is 5.32 Å². The van der Waals surface area contributed by atoms with Crippen molar-refractivity contribution < 1.29 is 9.32 Å². The summed E-state index contributed by atoms with van der Waals surface area (Å²) in [4.78, 5) is 17.1. The molecular formula is C22H24BrN3O2. The van der Waals surface area contributed by atoms with E-state index < -0.39 is 0 Å². The zero-order chi connectivity index (χ0) is 20.1. The molecule has 0 bridgehead atoms. The van der Waals surface area contributed by atoms with E-state index in [0.29, 0.717) is 24.6 Å². The Morgan fingerprint density at radius 3 is 2.43 bits per heavy atom. The Morgan fingerprint density at radius 1 is 1.11 bits per heavy atom. The van der Waals surface area contributed by atoms with Crippen LogP contribution in [-0.4, -0.2) is 16.0 Å². The van der Waals surface area contributed by atoms with Crippen molar-refractivity contribution in [1.82, 2.24) is 15.5 Å². The first-order valence-corrected chi connectivity index (χ1v) is 10.0. The normalized spacial score (nSPS) is 12.6. The van der Waals surface area contributed by atoms with E-state index in [-0.39, 0.29) is 17.4 Å². The van der Waals surface area contributed by atoms with Crippen molar-refractivity contribution in [3.63, 3.8) is 0 Å². The molecule has 0 radical (unpaired) electrons. The van der Waals surface area contributed by atoms with Crippen LogP contribution in [-0.2, 0) is 11.2 Å². The molecule has 1 atom stereocenters. The predicted octanol–water partition coefficient (Wildman–Crippen LogP) is 5.34. The van der Waals surface area contributed by atoms with Crippen LogP contribution in [0.15, 0.2) is 63.6 Å². The Hall–Kier alpha value is -2.47. The summed E-state index contributed by atoms with van der Waals surface area (Å²) in [5.41, 5.74) is 1.85. The van der Waals surface area contributed by atoms with Gasteiger partial charge in [0.1, 0.15) is 6.04 Å². The number of hydrogen-bond donors (Lipinski definition) is 1. The number of amides is 1. The molecule has 146 valence electrons. The third kappa shape index (κ3) is 5.76. The molecule has 3 rings (SSSR count). The molecule has 0 aliphatic carbocycles. The summed E-state index contributed by atoms with van der Waals surface area (Å²) in [6.45, 7) is 6.12. The van der Waals surface area contributed by atoms with Gasteiger partial charge in [-0.2, -0.15) is 4.98 Å². The van der Waals surface area contributed by atoms with Crippen LogP contribution in [0.5, 0.6) is 0 Å². The molecule has 3 aromatic rings. The van der Waals surface area contributed by atoms with Crippen molar-refractivity contribution >= 4 is 21.8 Å². The van der Waals surface area contributed by atoms with Gasteiger partial charge < -0.3 is 9.84 Å². The number of nitrogens with one attached hydrogen (secondary N) is 1. The summed E-state index contributed by atoms with van der Waals surface area (Å²) in [5.74, 6) is 0.881. The first-order chi connectivity index (χ1) is 13.3. The van der Waals surface area contributed by atoms with Crippen molar-refractivity contribution in [3.05, 3.63) is 70.5 Å². The number of benzene rings is 2. The second-order valence-corrected chi connectivity index (χ2v) is 8.93. The van der Waals surface area contributed by atoms with Crippen LogP contribution in [0.1, 0.15) is 44.7 Å². The van der Waals surface area contributed by atoms with Gasteiger partial charge in [-0.05, 0) is 35.2 Å². The number of rotatable bonds is 6. The van der Waals surface area contributed by atoms with Gasteiger partial charge in [0.25, 0.3) is 0 Å². The molecule has 0 saturated heterocycles. The molecule has 0 spiro atoms. The van der Waals surface area contributed by atoms with E-state index in [9.17, 15) is 4.79 Å². The third-order valence-electron chi connectivity index (χ3n) is 4.15. The molecule has 6 heteroatoms. The van der Waals surface area contributed by atoms with Gasteiger partial charge in [0.15, 0.2) is 0 Å². The first-order valence-electron chi connectivity index (χ1n) is 9.23. The molecule has 0 aliphatic rings. The summed E-state index contributed by atoms with van der Waals surface area (Å²) >= 11 is 3.42. The van der Waals surface area contributed by atoms with Gasteiger partial charge in [-0.15, -0.1) is 0 Å². The van der Waals surface area contributed by atoms with E-state index in [4.69, 9.17) is 4.52 Å². The Balaban J connectivity index is 1.83. The molecule has 28 heavy (non-hydrogen) atoms. The monoisotopic (exact) mass is 441 g/mol. The molecule has 1 heterocycles. The number of carbonyl (C=O) groups is 1. The van der Waals surface area contributed by atoms with Gasteiger partial charge in [-0.25, -0.2) is 0 Å². The van der Waals surface area contributed by atoms with E-state index in [2.05, 4.69) is 31.4 Å². The second kappa shape index (κ2) is 8.69. The SMILES string of the molecule is CC(C)(C)CC(=O)N[C@@H](Cc1ccccc1)c1nc(-c2ccc(Br)cc2)no1. The second-order valence-electron chi connectivity index (χ2n) is 8.01. The predicted molar refractivity (Wildman–Crippen MR) is 113 cm³/mol. The van der Waals surface area contributed by atoms with Crippen LogP contribution in [0.3, 0.4) is 0 Å². The number of carbonyl (C=O) groups excluding carboxylic acids is 1. The Morgan fingerprint density at radius 2 is 1.79 bits per heavy atom. The maximum atomic E-state index is 12.5. The Kier molecular flexibility index (Phi) is 6.29. The van der Waals surface area contributed by atoms with Crippen molar-refractivity contribution in [2.75, 3.05) is 0 Å². The lowest BCUT2D eigenvalue weighted by molar-refractivity contribution is -0.123. The van der Waals surface area contributed by atoms with E-state index in [0.717, 1.165) is 15.6 Å². The number of nitrogens with zero attached hydrogens (tertiary/aromatic N) is 2. The highest BCUT2D eigenvalue weighted by molar-refractivity contribution is 9.10. The van der Waals surface area contributed by atoms with Crippen LogP contribution in [0.4, 0.5) is 0 Å². The fourth-order valence-corrected chi connectivity index (χ4v) is 3.13. The number of halogens is 1. The summed E-state index contributed by atoms with van der Waals surface area (Å²) in [7, 11) is 0. The molecule has 1 N–H and O–H groups in total. The quantitative estimate of drug-likeness (QED) is 0.560. The topological polar surface area (TPSA) is 68.0 Å². The van der Waals surface area contributed by atoms with E-state index in [1.807, 2.05) is 75.4 Å².